The molecule has 2 aromatic heterocycles. The molecule has 0 fully saturated rings. The molecule has 0 aliphatic heterocycles. The van der Waals surface area contributed by atoms with Crippen molar-refractivity contribution in [2.75, 3.05) is 5.32 Å². The first-order valence-electron chi connectivity index (χ1n) is 6.91. The first-order valence-corrected chi connectivity index (χ1v) is 6.91. The molecule has 25 heavy (non-hydrogen) atoms. The van der Waals surface area contributed by atoms with Crippen molar-refractivity contribution in [3.63, 3.8) is 0 Å². The number of aromatic amines is 2. The Kier molecular flexibility index (Phi) is 5.27. The maximum atomic E-state index is 11.5. The Morgan fingerprint density at radius 1 is 1.24 bits per heavy atom. The van der Waals surface area contributed by atoms with Crippen LogP contribution in [0, 0.1) is 17.0 Å². The van der Waals surface area contributed by atoms with Crippen LogP contribution >= 0.6 is 17.0 Å². The number of nitrogens with one attached hydrogen (secondary N) is 3. The molecule has 2 heterocycles. The number of benzene rings is 1. The van der Waals surface area contributed by atoms with Crippen LogP contribution in [-0.2, 0) is 6.54 Å². The van der Waals surface area contributed by atoms with Gasteiger partial charge in [0.1, 0.15) is 0 Å². The number of nitro benzene ring substituents is 1. The van der Waals surface area contributed by atoms with E-state index in [1.54, 1.807) is 19.2 Å². The number of nitrogens with zero attached hydrogens (tertiary/aromatic N) is 3. The van der Waals surface area contributed by atoms with Crippen molar-refractivity contribution in [1.82, 2.24) is 19.9 Å². The van der Waals surface area contributed by atoms with Crippen molar-refractivity contribution in [3.8, 4) is 0 Å². The summed E-state index contributed by atoms with van der Waals surface area (Å²) in [6.07, 6.45) is 1.58. The first kappa shape index (κ1) is 18.3. The highest BCUT2D eigenvalue weighted by atomic mass is 79.9. The Morgan fingerprint density at radius 3 is 2.64 bits per heavy atom. The molecule has 0 aliphatic rings. The van der Waals surface area contributed by atoms with Crippen LogP contribution in [0.15, 0.2) is 34.0 Å². The summed E-state index contributed by atoms with van der Waals surface area (Å²) in [7, 11) is 0. The minimum atomic E-state index is -0.871. The molecule has 11 heteroatoms. The predicted octanol–water partition coefficient (Wildman–Crippen LogP) is 1.41. The second-order valence-corrected chi connectivity index (χ2v) is 5.07. The summed E-state index contributed by atoms with van der Waals surface area (Å²) in [6, 6.07) is 4.24. The van der Waals surface area contributed by atoms with Crippen LogP contribution in [-0.4, -0.2) is 24.9 Å². The summed E-state index contributed by atoms with van der Waals surface area (Å²) in [5.41, 5.74) is -0.228. The molecular weight excluding hydrogens is 396 g/mol. The monoisotopic (exact) mass is 408 g/mol. The number of nitro groups is 1. The average molecular weight is 409 g/mol. The average Bonchev–Trinajstić information content (AvgIpc) is 2.53. The molecule has 1 aromatic carbocycles. The van der Waals surface area contributed by atoms with E-state index >= 15 is 0 Å². The Bertz CT molecular complexity index is 1060. The Hall–Kier alpha value is -3.08. The van der Waals surface area contributed by atoms with Crippen molar-refractivity contribution < 1.29 is 4.92 Å². The van der Waals surface area contributed by atoms with Gasteiger partial charge in [-0.3, -0.25) is 19.7 Å². The van der Waals surface area contributed by atoms with Gasteiger partial charge in [-0.1, -0.05) is 0 Å². The fourth-order valence-corrected chi connectivity index (χ4v) is 2.23. The lowest BCUT2D eigenvalue weighted by Crippen LogP contribution is -2.29. The molecule has 130 valence electrons. The molecule has 0 bridgehead atoms. The minimum absolute atomic E-state index is 0. The maximum Gasteiger partial charge on any atom is 0.314 e. The van der Waals surface area contributed by atoms with Crippen LogP contribution in [0.4, 0.5) is 11.6 Å². The second-order valence-electron chi connectivity index (χ2n) is 5.07. The Balaban J connectivity index is 0.00000225. The van der Waals surface area contributed by atoms with Crippen molar-refractivity contribution in [1.29, 1.82) is 0 Å². The van der Waals surface area contributed by atoms with Gasteiger partial charge in [0.15, 0.2) is 0 Å². The quantitative estimate of drug-likeness (QED) is 0.335. The number of rotatable bonds is 4. The number of fused-ring (bicyclic) bond motifs is 1. The zero-order valence-corrected chi connectivity index (χ0v) is 14.6. The zero-order valence-electron chi connectivity index (χ0n) is 12.9. The molecule has 0 saturated heterocycles. The maximum absolute atomic E-state index is 11.5. The molecule has 0 aliphatic carbocycles. The fourth-order valence-electron chi connectivity index (χ4n) is 2.23. The molecular formula is C14H13BrN6O4. The summed E-state index contributed by atoms with van der Waals surface area (Å²) in [5.74, 6) is 0.349. The third-order valence-electron chi connectivity index (χ3n) is 3.34. The van der Waals surface area contributed by atoms with E-state index in [-0.39, 0.29) is 34.7 Å². The molecule has 0 atom stereocenters. The molecule has 0 saturated carbocycles. The predicted molar refractivity (Wildman–Crippen MR) is 96.3 cm³/mol. The lowest BCUT2D eigenvalue weighted by Gasteiger charge is -2.08. The number of halogens is 1. The summed E-state index contributed by atoms with van der Waals surface area (Å²) >= 11 is 0. The highest BCUT2D eigenvalue weighted by molar-refractivity contribution is 8.93. The topological polar surface area (TPSA) is 147 Å². The van der Waals surface area contributed by atoms with Gasteiger partial charge in [0.25, 0.3) is 5.69 Å². The van der Waals surface area contributed by atoms with Crippen LogP contribution in [0.1, 0.15) is 11.3 Å². The fraction of sp³-hybridized carbons (Fsp3) is 0.143. The molecule has 3 N–H and O–H groups in total. The lowest BCUT2D eigenvalue weighted by atomic mass is 10.1. The standard InChI is InChI=1S/C14H12N6O4.BrH/c1-7-2-3-15-14(17-7)16-6-8-4-9(20(23)24)5-10-11(8)19-13(22)12(21)18-10;/h2-5H,6H2,1H3,(H,18,21)(H,19,22)(H,15,16,17);1H. The van der Waals surface area contributed by atoms with Crippen LogP contribution in [0.2, 0.25) is 0 Å². The molecule has 0 radical (unpaired) electrons. The van der Waals surface area contributed by atoms with Gasteiger partial charge in [0.05, 0.1) is 16.0 Å². The second kappa shape index (κ2) is 7.21. The zero-order chi connectivity index (χ0) is 17.3. The van der Waals surface area contributed by atoms with Crippen LogP contribution < -0.4 is 16.4 Å². The van der Waals surface area contributed by atoms with E-state index in [1.165, 1.54) is 12.1 Å². The lowest BCUT2D eigenvalue weighted by molar-refractivity contribution is -0.384. The number of hydrogen-bond donors (Lipinski definition) is 3. The number of aryl methyl sites for hydroxylation is 1. The molecule has 0 spiro atoms. The molecule has 10 nitrogen and oxygen atoms in total. The van der Waals surface area contributed by atoms with E-state index in [4.69, 9.17) is 0 Å². The van der Waals surface area contributed by atoms with E-state index in [2.05, 4.69) is 25.3 Å². The van der Waals surface area contributed by atoms with E-state index in [0.717, 1.165) is 5.69 Å². The van der Waals surface area contributed by atoms with Crippen LogP contribution in [0.25, 0.3) is 11.0 Å². The third-order valence-corrected chi connectivity index (χ3v) is 3.34. The van der Waals surface area contributed by atoms with Crippen molar-refractivity contribution in [3.05, 3.63) is 66.5 Å². The normalized spacial score (nSPS) is 10.3. The number of H-pyrrole nitrogens is 2. The van der Waals surface area contributed by atoms with Crippen LogP contribution in [0.3, 0.4) is 0 Å². The summed E-state index contributed by atoms with van der Waals surface area (Å²) in [6.45, 7) is 1.93. The van der Waals surface area contributed by atoms with Crippen molar-refractivity contribution in [2.24, 2.45) is 0 Å². The van der Waals surface area contributed by atoms with E-state index in [9.17, 15) is 19.7 Å². The van der Waals surface area contributed by atoms with Crippen molar-refractivity contribution in [2.45, 2.75) is 13.5 Å². The summed E-state index contributed by atoms with van der Waals surface area (Å²) in [4.78, 5) is 46.5. The number of non-ortho nitro benzene ring substituents is 1. The smallest absolute Gasteiger partial charge is 0.314 e. The van der Waals surface area contributed by atoms with Crippen LogP contribution in [0.5, 0.6) is 0 Å². The van der Waals surface area contributed by atoms with Gasteiger partial charge in [-0.2, -0.15) is 0 Å². The van der Waals surface area contributed by atoms with Gasteiger partial charge in [-0.05, 0) is 13.0 Å². The number of hydrogen-bond acceptors (Lipinski definition) is 7. The molecule has 0 amide bonds. The van der Waals surface area contributed by atoms with Crippen molar-refractivity contribution >= 4 is 39.7 Å². The van der Waals surface area contributed by atoms with E-state index < -0.39 is 16.0 Å². The van der Waals surface area contributed by atoms with E-state index in [0.29, 0.717) is 17.0 Å². The number of anilines is 1. The summed E-state index contributed by atoms with van der Waals surface area (Å²) < 4.78 is 0. The van der Waals surface area contributed by atoms with Gasteiger partial charge >= 0.3 is 11.1 Å². The van der Waals surface area contributed by atoms with E-state index in [1.807, 2.05) is 0 Å². The van der Waals surface area contributed by atoms with Gasteiger partial charge in [-0.15, -0.1) is 17.0 Å². The number of aromatic nitrogens is 4. The molecule has 0 unspecified atom stereocenters. The van der Waals surface area contributed by atoms with Gasteiger partial charge < -0.3 is 15.3 Å². The summed E-state index contributed by atoms with van der Waals surface area (Å²) in [5, 5.41) is 14.0. The molecule has 3 aromatic rings. The SMILES string of the molecule is Br.Cc1ccnc(NCc2cc([N+](=O)[O-])cc3[nH]c(=O)c(=O)[nH]c23)n1. The highest BCUT2D eigenvalue weighted by Gasteiger charge is 2.14. The Labute approximate surface area is 150 Å². The third kappa shape index (κ3) is 3.88. The Morgan fingerprint density at radius 2 is 1.96 bits per heavy atom. The van der Waals surface area contributed by atoms with Gasteiger partial charge in [-0.25, -0.2) is 9.97 Å². The molecule has 3 rings (SSSR count). The van der Waals surface area contributed by atoms with Gasteiger partial charge in [0.2, 0.25) is 5.95 Å². The van der Waals surface area contributed by atoms with Gasteiger partial charge in [0, 0.05) is 36.1 Å². The minimum Gasteiger partial charge on any atom is -0.350 e. The largest absolute Gasteiger partial charge is 0.350 e. The first-order chi connectivity index (χ1) is 11.4. The highest BCUT2D eigenvalue weighted by Crippen LogP contribution is 2.22.